The van der Waals surface area contributed by atoms with Crippen LogP contribution in [0.5, 0.6) is 5.75 Å². The van der Waals surface area contributed by atoms with Gasteiger partial charge in [-0.25, -0.2) is 10.2 Å². The molecular weight excluding hydrogens is 629 g/mol. The van der Waals surface area contributed by atoms with E-state index in [0.29, 0.717) is 66.1 Å². The summed E-state index contributed by atoms with van der Waals surface area (Å²) in [6.45, 7) is 3.15. The van der Waals surface area contributed by atoms with E-state index in [4.69, 9.17) is 27.9 Å². The number of aromatic nitrogens is 4. The molecule has 13 heteroatoms. The van der Waals surface area contributed by atoms with Crippen LogP contribution in [0.1, 0.15) is 47.2 Å². The Bertz CT molecular complexity index is 1700. The molecule has 0 bridgehead atoms. The number of likely N-dealkylation sites (tertiary alicyclic amines) is 2. The third-order valence-electron chi connectivity index (χ3n) is 9.68. The number of tetrazole rings is 1. The standard InChI is InChI=1S/C33H35Cl2N7O4/c1-46-29-10-8-25(42-22-36-38-39-42)20-26(29)30(43)41-18-12-32(21-41,24-7-9-27(34)28(35)19-24)11-15-40-16-13-33(14-17-40,31(44)37-45)23-5-3-2-4-6-23/h2-10,19-20,22,45H,11-18,21H2,1H3,(H,37,44)/t32-/m1/s1. The van der Waals surface area contributed by atoms with E-state index in [1.165, 1.54) is 11.0 Å². The molecule has 1 atom stereocenters. The normalized spacial score (nSPS) is 19.6. The topological polar surface area (TPSA) is 126 Å². The zero-order chi connectivity index (χ0) is 32.3. The fourth-order valence-electron chi connectivity index (χ4n) is 6.95. The van der Waals surface area contributed by atoms with Gasteiger partial charge >= 0.3 is 0 Å². The first-order valence-electron chi connectivity index (χ1n) is 15.2. The van der Waals surface area contributed by atoms with Gasteiger partial charge in [0.25, 0.3) is 11.8 Å². The van der Waals surface area contributed by atoms with Gasteiger partial charge in [-0.1, -0.05) is 59.6 Å². The smallest absolute Gasteiger partial charge is 0.257 e. The Labute approximate surface area is 277 Å². The summed E-state index contributed by atoms with van der Waals surface area (Å²) in [6, 6.07) is 20.7. The van der Waals surface area contributed by atoms with Gasteiger partial charge in [-0.3, -0.25) is 14.8 Å². The predicted octanol–water partition coefficient (Wildman–Crippen LogP) is 4.69. The largest absolute Gasteiger partial charge is 0.496 e. The molecule has 1 aromatic heterocycles. The number of nitrogens with zero attached hydrogens (tertiary/aromatic N) is 6. The highest BCUT2D eigenvalue weighted by Crippen LogP contribution is 2.42. The Hall–Kier alpha value is -4.03. The first-order chi connectivity index (χ1) is 22.3. The summed E-state index contributed by atoms with van der Waals surface area (Å²) in [5.41, 5.74) is 3.75. The van der Waals surface area contributed by atoms with Crippen molar-refractivity contribution >= 4 is 35.0 Å². The van der Waals surface area contributed by atoms with E-state index in [1.54, 1.807) is 25.3 Å². The maximum atomic E-state index is 14.1. The van der Waals surface area contributed by atoms with Gasteiger partial charge in [0, 0.05) is 18.5 Å². The second kappa shape index (κ2) is 13.4. The Morgan fingerprint density at radius 3 is 2.41 bits per heavy atom. The Morgan fingerprint density at radius 2 is 1.74 bits per heavy atom. The van der Waals surface area contributed by atoms with Crippen molar-refractivity contribution in [2.45, 2.75) is 36.5 Å². The van der Waals surface area contributed by atoms with Crippen LogP contribution in [-0.4, -0.2) is 86.9 Å². The van der Waals surface area contributed by atoms with Gasteiger partial charge in [-0.15, -0.1) is 5.10 Å². The summed E-state index contributed by atoms with van der Waals surface area (Å²) >= 11 is 12.8. The van der Waals surface area contributed by atoms with Crippen molar-refractivity contribution < 1.29 is 19.5 Å². The highest BCUT2D eigenvalue weighted by molar-refractivity contribution is 6.42. The highest BCUT2D eigenvalue weighted by Gasteiger charge is 2.45. The van der Waals surface area contributed by atoms with Crippen LogP contribution >= 0.6 is 23.2 Å². The van der Waals surface area contributed by atoms with Crippen molar-refractivity contribution in [3.8, 4) is 11.4 Å². The summed E-state index contributed by atoms with van der Waals surface area (Å²) in [4.78, 5) is 31.2. The van der Waals surface area contributed by atoms with Crippen LogP contribution in [-0.2, 0) is 15.6 Å². The van der Waals surface area contributed by atoms with Crippen molar-refractivity contribution in [2.75, 3.05) is 39.8 Å². The first kappa shape index (κ1) is 31.9. The molecule has 6 rings (SSSR count). The van der Waals surface area contributed by atoms with Crippen LogP contribution < -0.4 is 10.2 Å². The van der Waals surface area contributed by atoms with E-state index >= 15 is 0 Å². The molecule has 46 heavy (non-hydrogen) atoms. The van der Waals surface area contributed by atoms with E-state index < -0.39 is 5.41 Å². The number of hydroxylamine groups is 1. The van der Waals surface area contributed by atoms with Crippen LogP contribution in [0, 0.1) is 0 Å². The molecule has 2 amide bonds. The van der Waals surface area contributed by atoms with Gasteiger partial charge in [-0.2, -0.15) is 0 Å². The Kier molecular flexibility index (Phi) is 9.28. The number of hydrogen-bond acceptors (Lipinski definition) is 8. The molecule has 2 N–H and O–H groups in total. The fraction of sp³-hybridized carbons (Fsp3) is 0.364. The van der Waals surface area contributed by atoms with Crippen LogP contribution in [0.2, 0.25) is 10.0 Å². The molecule has 2 aliphatic rings. The molecule has 3 heterocycles. The molecule has 0 radical (unpaired) electrons. The van der Waals surface area contributed by atoms with E-state index in [0.717, 1.165) is 30.5 Å². The number of benzene rings is 3. The van der Waals surface area contributed by atoms with E-state index in [9.17, 15) is 14.8 Å². The fourth-order valence-corrected chi connectivity index (χ4v) is 7.25. The minimum atomic E-state index is -0.791. The number of rotatable bonds is 9. The lowest BCUT2D eigenvalue weighted by Gasteiger charge is -2.41. The molecule has 0 aliphatic carbocycles. The van der Waals surface area contributed by atoms with Gasteiger partial charge in [0.05, 0.1) is 33.8 Å². The van der Waals surface area contributed by atoms with Crippen LogP contribution in [0.4, 0.5) is 0 Å². The number of amides is 2. The number of nitrogens with one attached hydrogen (secondary N) is 1. The number of piperidine rings is 1. The second-order valence-electron chi connectivity index (χ2n) is 12.0. The number of halogens is 2. The van der Waals surface area contributed by atoms with E-state index in [2.05, 4.69) is 20.4 Å². The third kappa shape index (κ3) is 6.07. The van der Waals surface area contributed by atoms with Gasteiger partial charge < -0.3 is 14.5 Å². The van der Waals surface area contributed by atoms with Crippen LogP contribution in [0.15, 0.2) is 73.1 Å². The lowest BCUT2D eigenvalue weighted by molar-refractivity contribution is -0.137. The zero-order valence-corrected chi connectivity index (χ0v) is 26.9. The second-order valence-corrected chi connectivity index (χ2v) is 12.8. The van der Waals surface area contributed by atoms with Gasteiger partial charge in [0.15, 0.2) is 0 Å². The summed E-state index contributed by atoms with van der Waals surface area (Å²) < 4.78 is 7.07. The number of carbonyl (C=O) groups excluding carboxylic acids is 2. The molecule has 4 aromatic rings. The highest BCUT2D eigenvalue weighted by atomic mass is 35.5. The molecule has 2 aliphatic heterocycles. The van der Waals surface area contributed by atoms with Crippen molar-refractivity contribution in [3.63, 3.8) is 0 Å². The maximum absolute atomic E-state index is 14.1. The minimum Gasteiger partial charge on any atom is -0.496 e. The average molecular weight is 665 g/mol. The summed E-state index contributed by atoms with van der Waals surface area (Å²) in [7, 11) is 1.54. The molecule has 0 saturated carbocycles. The summed E-state index contributed by atoms with van der Waals surface area (Å²) in [5.74, 6) is -0.0551. The maximum Gasteiger partial charge on any atom is 0.257 e. The molecule has 0 unspecified atom stereocenters. The molecule has 2 saturated heterocycles. The Morgan fingerprint density at radius 1 is 0.957 bits per heavy atom. The molecule has 240 valence electrons. The molecular formula is C33H35Cl2N7O4. The number of ether oxygens (including phenoxy) is 1. The lowest BCUT2D eigenvalue weighted by Crippen LogP contribution is -2.51. The molecule has 0 spiro atoms. The van der Waals surface area contributed by atoms with Crippen molar-refractivity contribution in [2.24, 2.45) is 0 Å². The average Bonchev–Trinajstić information content (AvgIpc) is 3.80. The predicted molar refractivity (Wildman–Crippen MR) is 173 cm³/mol. The van der Waals surface area contributed by atoms with Gasteiger partial charge in [-0.05, 0) is 97.2 Å². The van der Waals surface area contributed by atoms with Crippen molar-refractivity contribution in [3.05, 3.63) is 99.8 Å². The number of carbonyl (C=O) groups is 2. The minimum absolute atomic E-state index is 0.144. The van der Waals surface area contributed by atoms with E-state index in [-0.39, 0.29) is 17.2 Å². The van der Waals surface area contributed by atoms with Gasteiger partial charge in [0.1, 0.15) is 12.1 Å². The molecule has 11 nitrogen and oxygen atoms in total. The van der Waals surface area contributed by atoms with Crippen molar-refractivity contribution in [1.82, 2.24) is 35.5 Å². The van der Waals surface area contributed by atoms with Gasteiger partial charge in [0.2, 0.25) is 0 Å². The van der Waals surface area contributed by atoms with Crippen molar-refractivity contribution in [1.29, 1.82) is 0 Å². The quantitative estimate of drug-likeness (QED) is 0.195. The number of hydrogen-bond donors (Lipinski definition) is 2. The summed E-state index contributed by atoms with van der Waals surface area (Å²) in [6.07, 6.45) is 4.12. The van der Waals surface area contributed by atoms with Crippen LogP contribution in [0.3, 0.4) is 0 Å². The SMILES string of the molecule is COc1ccc(-n2cnnn2)cc1C(=O)N1CC[C@@](CCN2CCC(C(=O)NO)(c3ccccc3)CC2)(c2ccc(Cl)c(Cl)c2)C1. The number of methoxy groups -OCH3 is 1. The Balaban J connectivity index is 1.23. The zero-order valence-electron chi connectivity index (χ0n) is 25.4. The first-order valence-corrected chi connectivity index (χ1v) is 15.9. The lowest BCUT2D eigenvalue weighted by atomic mass is 9.71. The third-order valence-corrected chi connectivity index (χ3v) is 10.4. The monoisotopic (exact) mass is 663 g/mol. The van der Waals surface area contributed by atoms with E-state index in [1.807, 2.05) is 58.9 Å². The molecule has 3 aromatic carbocycles. The molecule has 2 fully saturated rings. The summed E-state index contributed by atoms with van der Waals surface area (Å²) in [5, 5.41) is 21.9. The van der Waals surface area contributed by atoms with Crippen LogP contribution in [0.25, 0.3) is 5.69 Å².